The van der Waals surface area contributed by atoms with Crippen LogP contribution in [-0.4, -0.2) is 47.1 Å². The Bertz CT molecular complexity index is 686. The fourth-order valence-electron chi connectivity index (χ4n) is 3.14. The van der Waals surface area contributed by atoms with Crippen LogP contribution in [0.4, 0.5) is 5.82 Å². The largest absolute Gasteiger partial charge is 0.319 e. The zero-order chi connectivity index (χ0) is 18.6. The number of hydrogen-bond acceptors (Lipinski definition) is 4. The summed E-state index contributed by atoms with van der Waals surface area (Å²) in [5.41, 5.74) is 3.90. The highest BCUT2D eigenvalue weighted by Gasteiger charge is 2.29. The minimum atomic E-state index is 0.280. The number of carbonyl (C=O) groups is 1. The van der Waals surface area contributed by atoms with Gasteiger partial charge in [-0.3, -0.25) is 4.90 Å². The van der Waals surface area contributed by atoms with Gasteiger partial charge in [-0.1, -0.05) is 33.4 Å². The Morgan fingerprint density at radius 1 is 1.40 bits per heavy atom. The van der Waals surface area contributed by atoms with E-state index in [4.69, 9.17) is 5.10 Å². The number of nitrogens with zero attached hydrogens (tertiary/aromatic N) is 4. The maximum Gasteiger partial charge on any atom is 0.139 e. The minimum absolute atomic E-state index is 0.280. The van der Waals surface area contributed by atoms with E-state index in [9.17, 15) is 4.79 Å². The van der Waals surface area contributed by atoms with Crippen LogP contribution in [0.25, 0.3) is 5.70 Å². The van der Waals surface area contributed by atoms with E-state index in [1.165, 1.54) is 0 Å². The summed E-state index contributed by atoms with van der Waals surface area (Å²) in [7, 11) is 2.11. The number of allylic oxidation sites excluding steroid dienone is 1. The summed E-state index contributed by atoms with van der Waals surface area (Å²) in [5.74, 6) is 0.894. The maximum absolute atomic E-state index is 11.3. The van der Waals surface area contributed by atoms with Crippen LogP contribution >= 0.6 is 0 Å². The number of aryl methyl sites for hydroxylation is 1. The topological polar surface area (TPSA) is 41.4 Å². The minimum Gasteiger partial charge on any atom is -0.319 e. The highest BCUT2D eigenvalue weighted by atomic mass is 16.1. The van der Waals surface area contributed by atoms with Crippen molar-refractivity contribution in [3.05, 3.63) is 42.3 Å². The van der Waals surface area contributed by atoms with Gasteiger partial charge in [-0.15, -0.1) is 0 Å². The Kier molecular flexibility index (Phi) is 6.37. The van der Waals surface area contributed by atoms with Crippen molar-refractivity contribution in [2.75, 3.05) is 25.0 Å². The molecule has 1 aromatic heterocycles. The number of anilines is 1. The van der Waals surface area contributed by atoms with Crippen LogP contribution in [0, 0.1) is 0 Å². The highest BCUT2D eigenvalue weighted by Crippen LogP contribution is 2.35. The second kappa shape index (κ2) is 8.30. The highest BCUT2D eigenvalue weighted by molar-refractivity contribution is 5.78. The number of rotatable bonds is 9. The van der Waals surface area contributed by atoms with Gasteiger partial charge in [0.1, 0.15) is 12.1 Å². The van der Waals surface area contributed by atoms with E-state index in [0.29, 0.717) is 6.04 Å². The van der Waals surface area contributed by atoms with E-state index in [2.05, 4.69) is 51.9 Å². The molecule has 1 aromatic rings. The quantitative estimate of drug-likeness (QED) is 0.644. The maximum atomic E-state index is 11.3. The zero-order valence-corrected chi connectivity index (χ0v) is 16.0. The van der Waals surface area contributed by atoms with Crippen molar-refractivity contribution in [2.45, 2.75) is 46.1 Å². The molecule has 0 aromatic carbocycles. The monoisotopic (exact) mass is 342 g/mol. The standard InChI is InChI=1S/C20H30N4O/c1-7-10-17-13-20-23(11-12-25)19(9-3)18(16(5)24(20)21-17)14-22(6)15(4)8-2/h9,12-13,15H,3,5,7-8,10-11,14H2,1-2,4,6H3. The third kappa shape index (κ3) is 3.76. The van der Waals surface area contributed by atoms with Crippen molar-refractivity contribution in [3.8, 4) is 0 Å². The van der Waals surface area contributed by atoms with Gasteiger partial charge >= 0.3 is 0 Å². The van der Waals surface area contributed by atoms with Crippen LogP contribution in [0.15, 0.2) is 36.6 Å². The Hall–Kier alpha value is -2.14. The lowest BCUT2D eigenvalue weighted by Crippen LogP contribution is -2.37. The molecule has 5 heteroatoms. The van der Waals surface area contributed by atoms with Crippen LogP contribution < -0.4 is 4.90 Å². The van der Waals surface area contributed by atoms with E-state index in [0.717, 1.165) is 60.6 Å². The number of aldehydes is 1. The van der Waals surface area contributed by atoms with Gasteiger partial charge in [0.05, 0.1) is 17.9 Å². The molecule has 136 valence electrons. The Labute approximate surface area is 151 Å². The van der Waals surface area contributed by atoms with Gasteiger partial charge in [0, 0.05) is 29.9 Å². The first-order valence-electron chi connectivity index (χ1n) is 9.03. The van der Waals surface area contributed by atoms with E-state index >= 15 is 0 Å². The lowest BCUT2D eigenvalue weighted by Gasteiger charge is -2.35. The third-order valence-electron chi connectivity index (χ3n) is 4.93. The average molecular weight is 342 g/mol. The van der Waals surface area contributed by atoms with Gasteiger partial charge in [0.25, 0.3) is 0 Å². The summed E-state index contributed by atoms with van der Waals surface area (Å²) in [6.45, 7) is 15.8. The molecule has 5 nitrogen and oxygen atoms in total. The number of carbonyl (C=O) groups excluding carboxylic acids is 1. The normalized spacial score (nSPS) is 15.6. The van der Waals surface area contributed by atoms with Crippen LogP contribution in [0.1, 0.15) is 39.3 Å². The molecule has 1 atom stereocenters. The lowest BCUT2D eigenvalue weighted by atomic mass is 10.1. The van der Waals surface area contributed by atoms with Crippen molar-refractivity contribution in [1.29, 1.82) is 0 Å². The molecule has 0 N–H and O–H groups in total. The van der Waals surface area contributed by atoms with E-state index < -0.39 is 0 Å². The van der Waals surface area contributed by atoms with Gasteiger partial charge in [-0.2, -0.15) is 5.10 Å². The first kappa shape index (κ1) is 19.2. The number of hydrogen-bond donors (Lipinski definition) is 0. The summed E-state index contributed by atoms with van der Waals surface area (Å²) in [4.78, 5) is 15.6. The molecular weight excluding hydrogens is 312 g/mol. The van der Waals surface area contributed by atoms with Gasteiger partial charge in [0.15, 0.2) is 0 Å². The van der Waals surface area contributed by atoms with Crippen molar-refractivity contribution in [3.63, 3.8) is 0 Å². The van der Waals surface area contributed by atoms with E-state index in [-0.39, 0.29) is 6.54 Å². The van der Waals surface area contributed by atoms with E-state index in [1.807, 2.05) is 15.7 Å². The third-order valence-corrected chi connectivity index (χ3v) is 4.93. The second-order valence-corrected chi connectivity index (χ2v) is 6.62. The number of likely N-dealkylation sites (N-methyl/N-ethyl adjacent to an activating group) is 1. The van der Waals surface area contributed by atoms with Crippen molar-refractivity contribution in [2.24, 2.45) is 0 Å². The van der Waals surface area contributed by atoms with Crippen molar-refractivity contribution >= 4 is 17.8 Å². The first-order valence-corrected chi connectivity index (χ1v) is 9.03. The zero-order valence-electron chi connectivity index (χ0n) is 16.0. The average Bonchev–Trinajstić information content (AvgIpc) is 3.02. The first-order chi connectivity index (χ1) is 12.0. The Balaban J connectivity index is 2.49. The predicted molar refractivity (Wildman–Crippen MR) is 105 cm³/mol. The molecule has 1 aliphatic heterocycles. The fraction of sp³-hybridized carbons (Fsp3) is 0.500. The molecule has 2 heterocycles. The van der Waals surface area contributed by atoms with Gasteiger partial charge in [-0.25, -0.2) is 4.68 Å². The predicted octanol–water partition coefficient (Wildman–Crippen LogP) is 3.50. The molecule has 2 rings (SSSR count). The SMILES string of the molecule is C=CC1=C(CN(C)C(C)CC)C(=C)n2nc(CCC)cc2N1CC=O. The van der Waals surface area contributed by atoms with Gasteiger partial charge < -0.3 is 9.69 Å². The Morgan fingerprint density at radius 3 is 2.68 bits per heavy atom. The molecule has 1 unspecified atom stereocenters. The van der Waals surface area contributed by atoms with Crippen LogP contribution in [0.3, 0.4) is 0 Å². The summed E-state index contributed by atoms with van der Waals surface area (Å²) in [6.07, 6.45) is 5.76. The molecule has 1 aliphatic rings. The fourth-order valence-corrected chi connectivity index (χ4v) is 3.14. The summed E-state index contributed by atoms with van der Waals surface area (Å²) >= 11 is 0. The molecule has 0 aliphatic carbocycles. The van der Waals surface area contributed by atoms with Crippen LogP contribution in [0.2, 0.25) is 0 Å². The molecular formula is C20H30N4O. The molecule has 25 heavy (non-hydrogen) atoms. The molecule has 0 radical (unpaired) electrons. The molecule has 0 spiro atoms. The second-order valence-electron chi connectivity index (χ2n) is 6.62. The Morgan fingerprint density at radius 2 is 2.12 bits per heavy atom. The molecule has 0 amide bonds. The van der Waals surface area contributed by atoms with E-state index in [1.54, 1.807) is 0 Å². The molecule has 0 bridgehead atoms. The summed E-state index contributed by atoms with van der Waals surface area (Å²) in [5, 5.41) is 4.72. The van der Waals surface area contributed by atoms with Crippen LogP contribution in [0.5, 0.6) is 0 Å². The summed E-state index contributed by atoms with van der Waals surface area (Å²) in [6, 6.07) is 2.51. The summed E-state index contributed by atoms with van der Waals surface area (Å²) < 4.78 is 1.88. The molecule has 0 fully saturated rings. The smallest absolute Gasteiger partial charge is 0.139 e. The molecule has 0 saturated carbocycles. The van der Waals surface area contributed by atoms with Crippen molar-refractivity contribution < 1.29 is 4.79 Å². The van der Waals surface area contributed by atoms with Crippen LogP contribution in [-0.2, 0) is 11.2 Å². The molecule has 0 saturated heterocycles. The van der Waals surface area contributed by atoms with Gasteiger partial charge in [0.2, 0.25) is 0 Å². The van der Waals surface area contributed by atoms with Crippen molar-refractivity contribution in [1.82, 2.24) is 14.7 Å². The lowest BCUT2D eigenvalue weighted by molar-refractivity contribution is -0.106. The number of aromatic nitrogens is 2. The number of fused-ring (bicyclic) bond motifs is 1. The van der Waals surface area contributed by atoms with Gasteiger partial charge in [-0.05, 0) is 32.9 Å².